The van der Waals surface area contributed by atoms with Crippen molar-refractivity contribution in [3.05, 3.63) is 92.4 Å². The lowest BCUT2D eigenvalue weighted by atomic mass is 10.1. The minimum absolute atomic E-state index is 0.102. The van der Waals surface area contributed by atoms with E-state index in [1.165, 1.54) is 25.3 Å². The van der Waals surface area contributed by atoms with Gasteiger partial charge < -0.3 is 14.8 Å². The zero-order chi connectivity index (χ0) is 23.1. The third-order valence-corrected chi connectivity index (χ3v) is 4.98. The van der Waals surface area contributed by atoms with Crippen LogP contribution in [0.15, 0.2) is 66.2 Å². The van der Waals surface area contributed by atoms with Crippen LogP contribution < -0.4 is 14.8 Å². The summed E-state index contributed by atoms with van der Waals surface area (Å²) in [6, 6.07) is 18.9. The molecule has 8 heteroatoms. The molecule has 0 saturated carbocycles. The van der Waals surface area contributed by atoms with Crippen LogP contribution >= 0.6 is 34.8 Å². The van der Waals surface area contributed by atoms with Crippen molar-refractivity contribution in [1.29, 1.82) is 5.26 Å². The summed E-state index contributed by atoms with van der Waals surface area (Å²) in [5, 5.41) is 13.5. The van der Waals surface area contributed by atoms with E-state index < -0.39 is 5.91 Å². The quantitative estimate of drug-likeness (QED) is 0.294. The third-order valence-electron chi connectivity index (χ3n) is 4.29. The monoisotopic (exact) mass is 486 g/mol. The Kier molecular flexibility index (Phi) is 8.02. The van der Waals surface area contributed by atoms with Crippen molar-refractivity contribution in [2.45, 2.75) is 6.61 Å². The van der Waals surface area contributed by atoms with Crippen molar-refractivity contribution >= 4 is 52.5 Å². The maximum atomic E-state index is 12.6. The molecule has 0 aliphatic rings. The summed E-state index contributed by atoms with van der Waals surface area (Å²) in [6.45, 7) is 0.293. The average molecular weight is 488 g/mol. The highest BCUT2D eigenvalue weighted by Crippen LogP contribution is 2.30. The summed E-state index contributed by atoms with van der Waals surface area (Å²) in [7, 11) is 1.53. The number of nitrogens with one attached hydrogen (secondary N) is 1. The van der Waals surface area contributed by atoms with Crippen molar-refractivity contribution in [2.75, 3.05) is 12.4 Å². The number of carbonyl (C=O) groups is 1. The van der Waals surface area contributed by atoms with Gasteiger partial charge in [0.05, 0.1) is 7.11 Å². The van der Waals surface area contributed by atoms with Gasteiger partial charge in [-0.2, -0.15) is 5.26 Å². The molecular weight excluding hydrogens is 471 g/mol. The molecule has 0 spiro atoms. The molecular formula is C24H17Cl3N2O3. The van der Waals surface area contributed by atoms with Crippen LogP contribution in [0.2, 0.25) is 15.1 Å². The number of nitriles is 1. The molecule has 0 saturated heterocycles. The smallest absolute Gasteiger partial charge is 0.266 e. The highest BCUT2D eigenvalue weighted by molar-refractivity contribution is 6.35. The van der Waals surface area contributed by atoms with E-state index in [0.29, 0.717) is 44.4 Å². The number of amides is 1. The van der Waals surface area contributed by atoms with E-state index in [4.69, 9.17) is 44.3 Å². The van der Waals surface area contributed by atoms with Crippen molar-refractivity contribution in [1.82, 2.24) is 0 Å². The molecule has 162 valence electrons. The van der Waals surface area contributed by atoms with Crippen LogP contribution in [0.25, 0.3) is 6.08 Å². The van der Waals surface area contributed by atoms with Gasteiger partial charge in [-0.1, -0.05) is 53.0 Å². The molecule has 0 radical (unpaired) electrons. The predicted molar refractivity (Wildman–Crippen MR) is 127 cm³/mol. The lowest BCUT2D eigenvalue weighted by Crippen LogP contribution is -2.13. The fraction of sp³-hybridized carbons (Fsp3) is 0.0833. The van der Waals surface area contributed by atoms with E-state index in [0.717, 1.165) is 5.56 Å². The van der Waals surface area contributed by atoms with Gasteiger partial charge in [-0.05, 0) is 59.7 Å². The minimum Gasteiger partial charge on any atom is -0.493 e. The first-order chi connectivity index (χ1) is 15.4. The van der Waals surface area contributed by atoms with E-state index in [1.54, 1.807) is 36.4 Å². The molecule has 0 aliphatic carbocycles. The maximum absolute atomic E-state index is 12.6. The van der Waals surface area contributed by atoms with Gasteiger partial charge >= 0.3 is 0 Å². The first-order valence-electron chi connectivity index (χ1n) is 9.32. The van der Waals surface area contributed by atoms with Crippen LogP contribution in [0, 0.1) is 11.3 Å². The Morgan fingerprint density at radius 2 is 1.66 bits per heavy atom. The second-order valence-corrected chi connectivity index (χ2v) is 7.92. The number of hydrogen-bond acceptors (Lipinski definition) is 4. The SMILES string of the molecule is COc1ccc(C=C(C#N)C(=O)Nc2cc(Cl)cc(Cl)c2)cc1OCc1ccc(Cl)cc1. The number of hydrogen-bond donors (Lipinski definition) is 1. The molecule has 3 aromatic carbocycles. The number of nitrogens with zero attached hydrogens (tertiary/aromatic N) is 1. The van der Waals surface area contributed by atoms with Crippen LogP contribution in [0.1, 0.15) is 11.1 Å². The van der Waals surface area contributed by atoms with Crippen LogP contribution in [0.5, 0.6) is 11.5 Å². The van der Waals surface area contributed by atoms with E-state index in [9.17, 15) is 10.1 Å². The van der Waals surface area contributed by atoms with Crippen molar-refractivity contribution in [3.63, 3.8) is 0 Å². The van der Waals surface area contributed by atoms with Gasteiger partial charge in [0.15, 0.2) is 11.5 Å². The average Bonchev–Trinajstić information content (AvgIpc) is 2.76. The van der Waals surface area contributed by atoms with Gasteiger partial charge in [0.2, 0.25) is 0 Å². The normalized spacial score (nSPS) is 10.9. The molecule has 3 rings (SSSR count). The van der Waals surface area contributed by atoms with Crippen LogP contribution in [0.4, 0.5) is 5.69 Å². The topological polar surface area (TPSA) is 71.3 Å². The number of benzene rings is 3. The molecule has 1 amide bonds. The predicted octanol–water partition coefficient (Wildman–Crippen LogP) is 6.78. The fourth-order valence-electron chi connectivity index (χ4n) is 2.78. The van der Waals surface area contributed by atoms with Crippen molar-refractivity contribution in [3.8, 4) is 17.6 Å². The zero-order valence-corrected chi connectivity index (χ0v) is 19.1. The Labute approximate surface area is 200 Å². The van der Waals surface area contributed by atoms with Crippen LogP contribution in [-0.4, -0.2) is 13.0 Å². The molecule has 0 heterocycles. The lowest BCUT2D eigenvalue weighted by molar-refractivity contribution is -0.112. The number of halogens is 3. The van der Waals surface area contributed by atoms with E-state index >= 15 is 0 Å². The van der Waals surface area contributed by atoms with Crippen molar-refractivity contribution in [2.24, 2.45) is 0 Å². The molecule has 3 aromatic rings. The minimum atomic E-state index is -0.592. The van der Waals surface area contributed by atoms with Crippen LogP contribution in [0.3, 0.4) is 0 Å². The summed E-state index contributed by atoms with van der Waals surface area (Å²) in [4.78, 5) is 12.6. The van der Waals surface area contributed by atoms with Gasteiger partial charge in [0, 0.05) is 20.8 Å². The van der Waals surface area contributed by atoms with Crippen LogP contribution in [-0.2, 0) is 11.4 Å². The second kappa shape index (κ2) is 10.9. The molecule has 0 atom stereocenters. The number of carbonyl (C=O) groups excluding carboxylic acids is 1. The van der Waals surface area contributed by atoms with Gasteiger partial charge in [-0.3, -0.25) is 4.79 Å². The molecule has 32 heavy (non-hydrogen) atoms. The largest absolute Gasteiger partial charge is 0.493 e. The van der Waals surface area contributed by atoms with Gasteiger partial charge in [-0.25, -0.2) is 0 Å². The Bertz CT molecular complexity index is 1180. The summed E-state index contributed by atoms with van der Waals surface area (Å²) in [5.74, 6) is 0.397. The molecule has 0 aromatic heterocycles. The second-order valence-electron chi connectivity index (χ2n) is 6.61. The molecule has 0 unspecified atom stereocenters. The standard InChI is InChI=1S/C24H17Cl3N2O3/c1-31-22-7-4-16(9-23(22)32-14-15-2-5-18(25)6-3-15)8-17(13-28)24(30)29-21-11-19(26)10-20(27)12-21/h2-12H,14H2,1H3,(H,29,30). The molecule has 1 N–H and O–H groups in total. The Morgan fingerprint density at radius 3 is 2.28 bits per heavy atom. The van der Waals surface area contributed by atoms with E-state index in [-0.39, 0.29) is 5.57 Å². The number of methoxy groups -OCH3 is 1. The molecule has 0 aliphatic heterocycles. The van der Waals surface area contributed by atoms with Gasteiger partial charge in [0.1, 0.15) is 18.2 Å². The summed E-state index contributed by atoms with van der Waals surface area (Å²) in [6.07, 6.45) is 1.45. The Hall–Kier alpha value is -3.17. The first kappa shape index (κ1) is 23.5. The van der Waals surface area contributed by atoms with Gasteiger partial charge in [-0.15, -0.1) is 0 Å². The Morgan fingerprint density at radius 1 is 0.969 bits per heavy atom. The summed E-state index contributed by atoms with van der Waals surface area (Å²) in [5.41, 5.74) is 1.80. The highest BCUT2D eigenvalue weighted by Gasteiger charge is 2.12. The first-order valence-corrected chi connectivity index (χ1v) is 10.5. The number of rotatable bonds is 7. The zero-order valence-electron chi connectivity index (χ0n) is 16.9. The molecule has 0 bridgehead atoms. The Balaban J connectivity index is 1.80. The van der Waals surface area contributed by atoms with E-state index in [2.05, 4.69) is 5.32 Å². The van der Waals surface area contributed by atoms with Crippen molar-refractivity contribution < 1.29 is 14.3 Å². The molecule has 5 nitrogen and oxygen atoms in total. The van der Waals surface area contributed by atoms with Gasteiger partial charge in [0.25, 0.3) is 5.91 Å². The number of anilines is 1. The highest BCUT2D eigenvalue weighted by atomic mass is 35.5. The molecule has 0 fully saturated rings. The maximum Gasteiger partial charge on any atom is 0.266 e. The lowest BCUT2D eigenvalue weighted by Gasteiger charge is -2.12. The number of ether oxygens (including phenoxy) is 2. The summed E-state index contributed by atoms with van der Waals surface area (Å²) >= 11 is 17.8. The van der Waals surface area contributed by atoms with E-state index in [1.807, 2.05) is 18.2 Å². The summed E-state index contributed by atoms with van der Waals surface area (Å²) < 4.78 is 11.2. The fourth-order valence-corrected chi connectivity index (χ4v) is 3.43. The third kappa shape index (κ3) is 6.41.